The average molecular weight is 332 g/mol. The molecule has 4 nitrogen and oxygen atoms in total. The zero-order valence-electron chi connectivity index (χ0n) is 15.3. The highest BCUT2D eigenvalue weighted by atomic mass is 16.5. The van der Waals surface area contributed by atoms with Gasteiger partial charge in [0.1, 0.15) is 12.4 Å². The topological polar surface area (TPSA) is 24.9 Å². The monoisotopic (exact) mass is 332 g/mol. The summed E-state index contributed by atoms with van der Waals surface area (Å²) in [6.45, 7) is 10.3. The first kappa shape index (κ1) is 17.7. The van der Waals surface area contributed by atoms with E-state index in [0.717, 1.165) is 45.2 Å². The summed E-state index contributed by atoms with van der Waals surface area (Å²) in [5.74, 6) is 1.04. The lowest BCUT2D eigenvalue weighted by Gasteiger charge is -2.40. The van der Waals surface area contributed by atoms with Gasteiger partial charge in [0.25, 0.3) is 0 Å². The number of hydrogen-bond acceptors (Lipinski definition) is 4. The first-order chi connectivity index (χ1) is 11.6. The van der Waals surface area contributed by atoms with Crippen LogP contribution in [0.25, 0.3) is 0 Å². The van der Waals surface area contributed by atoms with Gasteiger partial charge in [0, 0.05) is 30.6 Å². The zero-order valence-corrected chi connectivity index (χ0v) is 15.3. The number of para-hydroxylation sites is 1. The maximum Gasteiger partial charge on any atom is 0.123 e. The van der Waals surface area contributed by atoms with Crippen LogP contribution in [0.1, 0.15) is 31.7 Å². The normalized spacial score (nSPS) is 20.8. The molecule has 2 heterocycles. The van der Waals surface area contributed by atoms with Crippen LogP contribution >= 0.6 is 0 Å². The van der Waals surface area contributed by atoms with Crippen molar-refractivity contribution >= 4 is 0 Å². The van der Waals surface area contributed by atoms with Crippen molar-refractivity contribution in [2.24, 2.45) is 5.41 Å². The maximum absolute atomic E-state index is 6.12. The van der Waals surface area contributed by atoms with Crippen molar-refractivity contribution < 1.29 is 9.47 Å². The minimum atomic E-state index is 0.318. The van der Waals surface area contributed by atoms with Gasteiger partial charge in [-0.3, -0.25) is 4.90 Å². The van der Waals surface area contributed by atoms with Gasteiger partial charge in [-0.1, -0.05) is 31.5 Å². The predicted octanol–water partition coefficient (Wildman–Crippen LogP) is 3.02. The summed E-state index contributed by atoms with van der Waals surface area (Å²) in [5, 5.41) is 0. The second-order valence-corrected chi connectivity index (χ2v) is 7.83. The number of hydrogen-bond donors (Lipinski definition) is 0. The molecular weight excluding hydrogens is 300 g/mol. The van der Waals surface area contributed by atoms with E-state index in [0.29, 0.717) is 5.41 Å². The summed E-state index contributed by atoms with van der Waals surface area (Å²) >= 11 is 0. The summed E-state index contributed by atoms with van der Waals surface area (Å²) in [5.41, 5.74) is 1.60. The summed E-state index contributed by atoms with van der Waals surface area (Å²) in [7, 11) is 2.19. The van der Waals surface area contributed by atoms with Crippen LogP contribution in [0.5, 0.6) is 5.75 Å². The van der Waals surface area contributed by atoms with E-state index in [1.165, 1.54) is 37.9 Å². The zero-order chi connectivity index (χ0) is 16.8. The minimum absolute atomic E-state index is 0.318. The molecule has 0 saturated carbocycles. The van der Waals surface area contributed by atoms with Crippen LogP contribution in [0.15, 0.2) is 24.3 Å². The van der Waals surface area contributed by atoms with Crippen LogP contribution in [-0.4, -0.2) is 62.8 Å². The molecule has 4 heteroatoms. The third kappa shape index (κ3) is 4.95. The second kappa shape index (κ2) is 8.32. The molecule has 0 bridgehead atoms. The molecule has 0 aliphatic carbocycles. The van der Waals surface area contributed by atoms with Gasteiger partial charge in [-0.15, -0.1) is 0 Å². The Morgan fingerprint density at radius 1 is 1.17 bits per heavy atom. The molecule has 2 fully saturated rings. The highest BCUT2D eigenvalue weighted by Crippen LogP contribution is 2.28. The van der Waals surface area contributed by atoms with Crippen molar-refractivity contribution in [3.8, 4) is 5.75 Å². The third-order valence-electron chi connectivity index (χ3n) is 5.08. The van der Waals surface area contributed by atoms with Crippen LogP contribution in [0.4, 0.5) is 0 Å². The van der Waals surface area contributed by atoms with E-state index in [9.17, 15) is 0 Å². The Morgan fingerprint density at radius 2 is 1.92 bits per heavy atom. The number of nitrogens with zero attached hydrogens (tertiary/aromatic N) is 2. The summed E-state index contributed by atoms with van der Waals surface area (Å²) in [4.78, 5) is 4.91. The van der Waals surface area contributed by atoms with Gasteiger partial charge < -0.3 is 14.4 Å². The van der Waals surface area contributed by atoms with Crippen LogP contribution < -0.4 is 4.74 Å². The minimum Gasteiger partial charge on any atom is -0.492 e. The van der Waals surface area contributed by atoms with Crippen LogP contribution in [0.2, 0.25) is 0 Å². The number of likely N-dealkylation sites (tertiary alicyclic amines) is 1. The molecule has 134 valence electrons. The van der Waals surface area contributed by atoms with Crippen molar-refractivity contribution in [1.82, 2.24) is 9.80 Å². The van der Waals surface area contributed by atoms with Gasteiger partial charge in [0.05, 0.1) is 13.2 Å². The van der Waals surface area contributed by atoms with Gasteiger partial charge >= 0.3 is 0 Å². The smallest absolute Gasteiger partial charge is 0.123 e. The Morgan fingerprint density at radius 3 is 2.62 bits per heavy atom. The SMILES string of the molecule is CN(Cc1ccccc1OCCN1CCCCC1)CC1(C)COC1. The fourth-order valence-electron chi connectivity index (χ4n) is 3.78. The highest BCUT2D eigenvalue weighted by Gasteiger charge is 2.34. The van der Waals surface area contributed by atoms with E-state index in [1.54, 1.807) is 0 Å². The molecule has 1 aromatic carbocycles. The fourth-order valence-corrected chi connectivity index (χ4v) is 3.78. The molecular formula is C20H32N2O2. The third-order valence-corrected chi connectivity index (χ3v) is 5.08. The average Bonchev–Trinajstić information content (AvgIpc) is 2.56. The van der Waals surface area contributed by atoms with E-state index < -0.39 is 0 Å². The van der Waals surface area contributed by atoms with E-state index in [4.69, 9.17) is 9.47 Å². The van der Waals surface area contributed by atoms with Gasteiger partial charge in [-0.25, -0.2) is 0 Å². The molecule has 0 amide bonds. The molecule has 0 radical (unpaired) electrons. The first-order valence-electron chi connectivity index (χ1n) is 9.34. The molecule has 24 heavy (non-hydrogen) atoms. The number of rotatable bonds is 8. The van der Waals surface area contributed by atoms with Gasteiger partial charge in [-0.2, -0.15) is 0 Å². The molecule has 2 saturated heterocycles. The number of benzene rings is 1. The molecule has 0 spiro atoms. The van der Waals surface area contributed by atoms with Crippen molar-refractivity contribution in [3.63, 3.8) is 0 Å². The Kier molecular flexibility index (Phi) is 6.14. The second-order valence-electron chi connectivity index (χ2n) is 7.83. The fraction of sp³-hybridized carbons (Fsp3) is 0.700. The largest absolute Gasteiger partial charge is 0.492 e. The lowest BCUT2D eigenvalue weighted by molar-refractivity contribution is -0.113. The Balaban J connectivity index is 1.48. The summed E-state index contributed by atoms with van der Waals surface area (Å²) in [6, 6.07) is 8.47. The number of piperidine rings is 1. The van der Waals surface area contributed by atoms with E-state index in [1.807, 2.05) is 0 Å². The van der Waals surface area contributed by atoms with Gasteiger partial charge in [0.15, 0.2) is 0 Å². The van der Waals surface area contributed by atoms with Crippen LogP contribution in [0, 0.1) is 5.41 Å². The van der Waals surface area contributed by atoms with Crippen molar-refractivity contribution in [1.29, 1.82) is 0 Å². The molecule has 1 aromatic rings. The van der Waals surface area contributed by atoms with E-state index in [2.05, 4.69) is 48.0 Å². The van der Waals surface area contributed by atoms with Crippen LogP contribution in [0.3, 0.4) is 0 Å². The standard InChI is InChI=1S/C20H32N2O2/c1-20(16-23-17-20)15-21(2)14-18-8-4-5-9-19(18)24-13-12-22-10-6-3-7-11-22/h4-5,8-9H,3,6-7,10-17H2,1-2H3. The van der Waals surface area contributed by atoms with Crippen molar-refractivity contribution in [2.45, 2.75) is 32.7 Å². The molecule has 2 aliphatic heterocycles. The molecule has 0 N–H and O–H groups in total. The van der Waals surface area contributed by atoms with Crippen LogP contribution in [-0.2, 0) is 11.3 Å². The lowest BCUT2D eigenvalue weighted by atomic mass is 9.88. The quantitative estimate of drug-likeness (QED) is 0.730. The molecule has 0 unspecified atom stereocenters. The number of ether oxygens (including phenoxy) is 2. The molecule has 2 aliphatic rings. The van der Waals surface area contributed by atoms with Gasteiger partial charge in [0.2, 0.25) is 0 Å². The molecule has 0 aromatic heterocycles. The lowest BCUT2D eigenvalue weighted by Crippen LogP contribution is -2.47. The highest BCUT2D eigenvalue weighted by molar-refractivity contribution is 5.33. The Hall–Kier alpha value is -1.10. The maximum atomic E-state index is 6.12. The van der Waals surface area contributed by atoms with E-state index >= 15 is 0 Å². The predicted molar refractivity (Wildman–Crippen MR) is 97.5 cm³/mol. The summed E-state index contributed by atoms with van der Waals surface area (Å²) < 4.78 is 11.5. The van der Waals surface area contributed by atoms with Gasteiger partial charge in [-0.05, 0) is 39.0 Å². The van der Waals surface area contributed by atoms with Crippen molar-refractivity contribution in [3.05, 3.63) is 29.8 Å². The summed E-state index contributed by atoms with van der Waals surface area (Å²) in [6.07, 6.45) is 4.06. The van der Waals surface area contributed by atoms with E-state index in [-0.39, 0.29) is 0 Å². The Labute approximate surface area is 146 Å². The first-order valence-corrected chi connectivity index (χ1v) is 9.34. The molecule has 0 atom stereocenters. The Bertz CT molecular complexity index is 510. The molecule has 3 rings (SSSR count). The van der Waals surface area contributed by atoms with Crippen molar-refractivity contribution in [2.75, 3.05) is 53.0 Å².